The van der Waals surface area contributed by atoms with Crippen LogP contribution in [0.5, 0.6) is 0 Å². The van der Waals surface area contributed by atoms with Crippen LogP contribution in [0.25, 0.3) is 0 Å². The highest BCUT2D eigenvalue weighted by Crippen LogP contribution is 2.40. The van der Waals surface area contributed by atoms with Gasteiger partial charge in [-0.1, -0.05) is 19.3 Å². The van der Waals surface area contributed by atoms with Crippen molar-refractivity contribution in [1.82, 2.24) is 5.32 Å². The Kier molecular flexibility index (Phi) is 3.49. The molecule has 1 saturated heterocycles. The summed E-state index contributed by atoms with van der Waals surface area (Å²) in [5, 5.41) is 3.92. The number of ether oxygens (including phenoxy) is 1. The highest BCUT2D eigenvalue weighted by molar-refractivity contribution is 4.94. The quantitative estimate of drug-likeness (QED) is 0.791. The summed E-state index contributed by atoms with van der Waals surface area (Å²) in [6, 6.07) is 1.49. The van der Waals surface area contributed by atoms with Gasteiger partial charge in [-0.15, -0.1) is 0 Å². The van der Waals surface area contributed by atoms with E-state index in [1.807, 2.05) is 0 Å². The van der Waals surface area contributed by atoms with Gasteiger partial charge in [-0.2, -0.15) is 0 Å². The smallest absolute Gasteiger partial charge is 0.0620 e. The van der Waals surface area contributed by atoms with E-state index < -0.39 is 0 Å². The second-order valence-electron chi connectivity index (χ2n) is 5.99. The molecule has 0 radical (unpaired) electrons. The average Bonchev–Trinajstić information content (AvgIpc) is 3.05. The minimum Gasteiger partial charge on any atom is -0.380 e. The summed E-state index contributed by atoms with van der Waals surface area (Å²) < 4.78 is 5.48. The predicted octanol–water partition coefficient (Wildman–Crippen LogP) is 2.72. The molecule has 3 aliphatic rings. The van der Waals surface area contributed by atoms with Gasteiger partial charge in [0.15, 0.2) is 0 Å². The van der Waals surface area contributed by atoms with E-state index >= 15 is 0 Å². The Bertz CT molecular complexity index is 215. The van der Waals surface area contributed by atoms with E-state index in [4.69, 9.17) is 4.74 Å². The van der Waals surface area contributed by atoms with E-state index in [-0.39, 0.29) is 0 Å². The van der Waals surface area contributed by atoms with Crippen LogP contribution in [0.15, 0.2) is 0 Å². The third-order valence-electron chi connectivity index (χ3n) is 4.65. The molecule has 2 unspecified atom stereocenters. The summed E-state index contributed by atoms with van der Waals surface area (Å²) >= 11 is 0. The maximum absolute atomic E-state index is 5.48. The molecule has 2 nitrogen and oxygen atoms in total. The first kappa shape index (κ1) is 11.0. The van der Waals surface area contributed by atoms with Crippen molar-refractivity contribution in [3.8, 4) is 0 Å². The third kappa shape index (κ3) is 2.60. The van der Waals surface area contributed by atoms with Gasteiger partial charge >= 0.3 is 0 Å². The normalized spacial score (nSPS) is 34.1. The minimum absolute atomic E-state index is 0.660. The standard InChI is InChI=1S/C14H25NO/c1-2-4-11(5-3-1)14(12-6-7-12)15-13-8-9-16-10-13/h11-15H,1-10H2. The summed E-state index contributed by atoms with van der Waals surface area (Å²) in [4.78, 5) is 0. The SMILES string of the molecule is C1CCC(C(NC2CCOC2)C2CC2)CC1. The molecule has 0 bridgehead atoms. The molecular formula is C14H25NO. The molecule has 16 heavy (non-hydrogen) atoms. The van der Waals surface area contributed by atoms with Gasteiger partial charge in [-0.25, -0.2) is 0 Å². The molecule has 0 aromatic carbocycles. The number of hydrogen-bond acceptors (Lipinski definition) is 2. The topological polar surface area (TPSA) is 21.3 Å². The molecule has 3 fully saturated rings. The number of nitrogens with one attached hydrogen (secondary N) is 1. The lowest BCUT2D eigenvalue weighted by Crippen LogP contribution is -2.45. The van der Waals surface area contributed by atoms with Crippen LogP contribution in [0.1, 0.15) is 51.4 Å². The largest absolute Gasteiger partial charge is 0.380 e. The van der Waals surface area contributed by atoms with Crippen LogP contribution in [-0.4, -0.2) is 25.3 Å². The second-order valence-corrected chi connectivity index (χ2v) is 5.99. The molecule has 2 atom stereocenters. The van der Waals surface area contributed by atoms with E-state index in [1.54, 1.807) is 0 Å². The molecule has 0 aromatic heterocycles. The van der Waals surface area contributed by atoms with Gasteiger partial charge in [0.05, 0.1) is 6.61 Å². The average molecular weight is 223 g/mol. The van der Waals surface area contributed by atoms with Gasteiger partial charge in [0.1, 0.15) is 0 Å². The molecule has 0 amide bonds. The molecule has 2 aliphatic carbocycles. The van der Waals surface area contributed by atoms with Crippen LogP contribution in [0.2, 0.25) is 0 Å². The first-order valence-corrected chi connectivity index (χ1v) is 7.27. The highest BCUT2D eigenvalue weighted by Gasteiger charge is 2.38. The van der Waals surface area contributed by atoms with Gasteiger partial charge in [-0.05, 0) is 43.9 Å². The summed E-state index contributed by atoms with van der Waals surface area (Å²) in [7, 11) is 0. The van der Waals surface area contributed by atoms with Gasteiger partial charge in [0.2, 0.25) is 0 Å². The lowest BCUT2D eigenvalue weighted by molar-refractivity contribution is 0.177. The van der Waals surface area contributed by atoms with Gasteiger partial charge in [0.25, 0.3) is 0 Å². The van der Waals surface area contributed by atoms with Crippen molar-refractivity contribution in [2.75, 3.05) is 13.2 Å². The van der Waals surface area contributed by atoms with Crippen molar-refractivity contribution in [3.63, 3.8) is 0 Å². The van der Waals surface area contributed by atoms with Crippen LogP contribution < -0.4 is 5.32 Å². The first-order valence-electron chi connectivity index (χ1n) is 7.27. The van der Waals surface area contributed by atoms with Gasteiger partial charge < -0.3 is 10.1 Å². The maximum Gasteiger partial charge on any atom is 0.0620 e. The van der Waals surface area contributed by atoms with Crippen molar-refractivity contribution in [3.05, 3.63) is 0 Å². The summed E-state index contributed by atoms with van der Waals surface area (Å²) in [5.41, 5.74) is 0. The monoisotopic (exact) mass is 223 g/mol. The van der Waals surface area contributed by atoms with Gasteiger partial charge in [-0.3, -0.25) is 0 Å². The predicted molar refractivity (Wildman–Crippen MR) is 65.4 cm³/mol. The fraction of sp³-hybridized carbons (Fsp3) is 1.00. The zero-order valence-electron chi connectivity index (χ0n) is 10.3. The van der Waals surface area contributed by atoms with Crippen LogP contribution in [0.4, 0.5) is 0 Å². The van der Waals surface area contributed by atoms with Crippen LogP contribution in [0.3, 0.4) is 0 Å². The lowest BCUT2D eigenvalue weighted by Gasteiger charge is -2.33. The molecule has 1 N–H and O–H groups in total. The Hall–Kier alpha value is -0.0800. The van der Waals surface area contributed by atoms with E-state index in [2.05, 4.69) is 5.32 Å². The van der Waals surface area contributed by atoms with Crippen molar-refractivity contribution in [1.29, 1.82) is 0 Å². The fourth-order valence-electron chi connectivity index (χ4n) is 3.54. The lowest BCUT2D eigenvalue weighted by atomic mass is 9.81. The van der Waals surface area contributed by atoms with Crippen LogP contribution in [-0.2, 0) is 4.74 Å². The third-order valence-corrected chi connectivity index (χ3v) is 4.65. The molecule has 1 aliphatic heterocycles. The van der Waals surface area contributed by atoms with Crippen LogP contribution in [0, 0.1) is 11.8 Å². The van der Waals surface area contributed by atoms with Crippen molar-refractivity contribution < 1.29 is 4.74 Å². The summed E-state index contributed by atoms with van der Waals surface area (Å²) in [6.07, 6.45) is 11.5. The summed E-state index contributed by atoms with van der Waals surface area (Å²) in [5.74, 6) is 1.98. The van der Waals surface area contributed by atoms with Crippen molar-refractivity contribution >= 4 is 0 Å². The van der Waals surface area contributed by atoms with Gasteiger partial charge in [0, 0.05) is 18.7 Å². The van der Waals surface area contributed by atoms with Crippen molar-refractivity contribution in [2.24, 2.45) is 11.8 Å². The van der Waals surface area contributed by atoms with Crippen molar-refractivity contribution in [2.45, 2.75) is 63.5 Å². The Morgan fingerprint density at radius 1 is 0.875 bits per heavy atom. The molecule has 2 saturated carbocycles. The number of hydrogen-bond donors (Lipinski definition) is 1. The first-order chi connectivity index (χ1) is 7.93. The molecule has 2 heteroatoms. The summed E-state index contributed by atoms with van der Waals surface area (Å²) in [6.45, 7) is 1.93. The van der Waals surface area contributed by atoms with E-state index in [1.165, 1.54) is 51.4 Å². The highest BCUT2D eigenvalue weighted by atomic mass is 16.5. The Labute approximate surface area is 99.1 Å². The molecule has 92 valence electrons. The van der Waals surface area contributed by atoms with E-state index in [9.17, 15) is 0 Å². The molecular weight excluding hydrogens is 198 g/mol. The maximum atomic E-state index is 5.48. The van der Waals surface area contributed by atoms with E-state index in [0.29, 0.717) is 6.04 Å². The zero-order valence-corrected chi connectivity index (χ0v) is 10.3. The number of rotatable bonds is 4. The Morgan fingerprint density at radius 2 is 1.62 bits per heavy atom. The van der Waals surface area contributed by atoms with E-state index in [0.717, 1.165) is 31.1 Å². The molecule has 1 heterocycles. The fourth-order valence-corrected chi connectivity index (χ4v) is 3.54. The minimum atomic E-state index is 0.660. The molecule has 0 spiro atoms. The Balaban J connectivity index is 1.56. The second kappa shape index (κ2) is 5.05. The molecule has 0 aromatic rings. The zero-order chi connectivity index (χ0) is 10.8. The van der Waals surface area contributed by atoms with Crippen LogP contribution >= 0.6 is 0 Å². The molecule has 3 rings (SSSR count). The Morgan fingerprint density at radius 3 is 2.25 bits per heavy atom.